The molecule has 262 valence electrons. The van der Waals surface area contributed by atoms with Crippen LogP contribution in [0.4, 0.5) is 5.95 Å². The Morgan fingerprint density at radius 1 is 1.16 bits per heavy atom. The number of anilines is 1. The van der Waals surface area contributed by atoms with E-state index in [0.29, 0.717) is 80.6 Å². The quantitative estimate of drug-likeness (QED) is 0.249. The van der Waals surface area contributed by atoms with Crippen molar-refractivity contribution in [3.8, 4) is 22.6 Å². The van der Waals surface area contributed by atoms with E-state index in [-0.39, 0.29) is 62.8 Å². The summed E-state index contributed by atoms with van der Waals surface area (Å²) < 4.78 is 18.3. The number of ether oxygens (including phenoxy) is 3. The first kappa shape index (κ1) is 36.3. The number of hydrogen-bond acceptors (Lipinski definition) is 10. The molecular weight excluding hydrogens is 671 g/mol. The molecule has 2 saturated heterocycles. The standard InChI is InChI=1S/C35H42Cl2N6O6/c1-6-24(44)14-22-10-13-49-20-26(22)39-35-38-17-23-15-25(30-31(36)27(47-4)16-28(48-5)32(30)37)34(46)43(33(23)40-35)19-21-9-12-42(18-21)29(45)8-7-11-41(2)3/h6-8,15-17,21-22,26H,1,9-14,18-20H2,2-5H3,(H,38,39,40)/b8-7+. The molecule has 2 fully saturated rings. The van der Waals surface area contributed by atoms with Crippen molar-refractivity contribution in [2.45, 2.75) is 31.8 Å². The van der Waals surface area contributed by atoms with Gasteiger partial charge < -0.3 is 29.3 Å². The van der Waals surface area contributed by atoms with E-state index in [1.807, 2.05) is 25.1 Å². The number of nitrogens with zero attached hydrogens (tertiary/aromatic N) is 5. The summed E-state index contributed by atoms with van der Waals surface area (Å²) >= 11 is 13.6. The Morgan fingerprint density at radius 3 is 2.57 bits per heavy atom. The van der Waals surface area contributed by atoms with Gasteiger partial charge in [0.15, 0.2) is 5.78 Å². The first-order valence-corrected chi connectivity index (χ1v) is 16.9. The number of carbonyl (C=O) groups excluding carboxylic acids is 2. The maximum Gasteiger partial charge on any atom is 0.260 e. The van der Waals surface area contributed by atoms with E-state index < -0.39 is 0 Å². The summed E-state index contributed by atoms with van der Waals surface area (Å²) in [6.07, 6.45) is 8.15. The first-order chi connectivity index (χ1) is 23.5. The molecule has 0 spiro atoms. The second-order valence-corrected chi connectivity index (χ2v) is 13.3. The van der Waals surface area contributed by atoms with Gasteiger partial charge in [-0.25, -0.2) is 4.98 Å². The smallest absolute Gasteiger partial charge is 0.260 e. The molecule has 2 aliphatic heterocycles. The fourth-order valence-electron chi connectivity index (χ4n) is 6.30. The lowest BCUT2D eigenvalue weighted by Gasteiger charge is -2.31. The summed E-state index contributed by atoms with van der Waals surface area (Å²) in [6.45, 7) is 6.53. The lowest BCUT2D eigenvalue weighted by Crippen LogP contribution is -2.40. The number of fused-ring (bicyclic) bond motifs is 1. The molecule has 49 heavy (non-hydrogen) atoms. The van der Waals surface area contributed by atoms with E-state index in [1.54, 1.807) is 33.9 Å². The number of benzene rings is 1. The highest BCUT2D eigenvalue weighted by molar-refractivity contribution is 6.41. The lowest BCUT2D eigenvalue weighted by atomic mass is 9.90. The van der Waals surface area contributed by atoms with Crippen LogP contribution in [0.2, 0.25) is 10.0 Å². The monoisotopic (exact) mass is 712 g/mol. The zero-order valence-corrected chi connectivity index (χ0v) is 29.7. The lowest BCUT2D eigenvalue weighted by molar-refractivity contribution is -0.125. The van der Waals surface area contributed by atoms with Crippen LogP contribution in [0.3, 0.4) is 0 Å². The van der Waals surface area contributed by atoms with Crippen LogP contribution in [0.5, 0.6) is 11.5 Å². The number of ketones is 1. The third-order valence-electron chi connectivity index (χ3n) is 8.94. The number of rotatable bonds is 13. The van der Waals surface area contributed by atoms with E-state index in [1.165, 1.54) is 20.3 Å². The molecule has 3 aromatic rings. The van der Waals surface area contributed by atoms with Gasteiger partial charge in [-0.1, -0.05) is 35.9 Å². The minimum atomic E-state index is -0.373. The third kappa shape index (κ3) is 8.26. The Labute approximate surface area is 295 Å². The Bertz CT molecular complexity index is 1780. The van der Waals surface area contributed by atoms with Gasteiger partial charge >= 0.3 is 0 Å². The molecule has 12 nitrogen and oxygen atoms in total. The van der Waals surface area contributed by atoms with E-state index in [2.05, 4.69) is 16.9 Å². The van der Waals surface area contributed by atoms with Crippen LogP contribution in [-0.4, -0.2) is 103 Å². The minimum Gasteiger partial charge on any atom is -0.495 e. The number of halogens is 2. The number of likely N-dealkylation sites (N-methyl/N-ethyl adjacent to an activating group) is 1. The van der Waals surface area contributed by atoms with Crippen LogP contribution in [-0.2, 0) is 20.9 Å². The highest BCUT2D eigenvalue weighted by Crippen LogP contribution is 2.45. The van der Waals surface area contributed by atoms with Crippen molar-refractivity contribution >= 4 is 51.9 Å². The molecule has 2 aliphatic rings. The van der Waals surface area contributed by atoms with Crippen molar-refractivity contribution in [1.82, 2.24) is 24.3 Å². The molecule has 0 saturated carbocycles. The van der Waals surface area contributed by atoms with Crippen molar-refractivity contribution in [3.63, 3.8) is 0 Å². The van der Waals surface area contributed by atoms with Crippen molar-refractivity contribution in [2.24, 2.45) is 11.8 Å². The van der Waals surface area contributed by atoms with Gasteiger partial charge in [0.05, 0.1) is 42.5 Å². The predicted molar refractivity (Wildman–Crippen MR) is 191 cm³/mol. The highest BCUT2D eigenvalue weighted by Gasteiger charge is 2.30. The third-order valence-corrected chi connectivity index (χ3v) is 9.69. The molecule has 2 aromatic heterocycles. The molecule has 1 N–H and O–H groups in total. The molecule has 0 radical (unpaired) electrons. The first-order valence-electron chi connectivity index (χ1n) is 16.1. The molecular formula is C35H42Cl2N6O6. The molecule has 1 amide bonds. The van der Waals surface area contributed by atoms with Gasteiger partial charge in [-0.05, 0) is 50.9 Å². The van der Waals surface area contributed by atoms with Gasteiger partial charge in [0.25, 0.3) is 5.56 Å². The van der Waals surface area contributed by atoms with Crippen LogP contribution in [0.25, 0.3) is 22.2 Å². The van der Waals surface area contributed by atoms with E-state index >= 15 is 0 Å². The van der Waals surface area contributed by atoms with Crippen molar-refractivity contribution < 1.29 is 23.8 Å². The SMILES string of the molecule is C=CC(=O)CC1CCOCC1Nc1ncc2cc(-c3c(Cl)c(OC)cc(OC)c3Cl)c(=O)n(CC3CCN(C(=O)/C=C/CN(C)C)C3)c2n1. The minimum absolute atomic E-state index is 0.00391. The average Bonchev–Trinajstić information content (AvgIpc) is 3.56. The average molecular weight is 714 g/mol. The highest BCUT2D eigenvalue weighted by atomic mass is 35.5. The van der Waals surface area contributed by atoms with Gasteiger partial charge in [-0.15, -0.1) is 0 Å². The summed E-state index contributed by atoms with van der Waals surface area (Å²) in [5.41, 5.74) is 0.526. The maximum absolute atomic E-state index is 14.5. The maximum atomic E-state index is 14.5. The van der Waals surface area contributed by atoms with Crippen LogP contribution in [0.1, 0.15) is 19.3 Å². The van der Waals surface area contributed by atoms with Gasteiger partial charge in [0.1, 0.15) is 17.1 Å². The number of amides is 1. The normalized spacial score (nSPS) is 19.5. The molecule has 3 unspecified atom stereocenters. The van der Waals surface area contributed by atoms with Gasteiger partial charge in [0, 0.05) is 68.5 Å². The molecule has 0 aliphatic carbocycles. The largest absolute Gasteiger partial charge is 0.495 e. The number of methoxy groups -OCH3 is 2. The van der Waals surface area contributed by atoms with Crippen molar-refractivity contribution in [3.05, 3.63) is 63.5 Å². The number of likely N-dealkylation sites (tertiary alicyclic amines) is 1. The second-order valence-electron chi connectivity index (χ2n) is 12.6. The number of allylic oxidation sites excluding steroid dienone is 1. The summed E-state index contributed by atoms with van der Waals surface area (Å²) in [7, 11) is 6.82. The summed E-state index contributed by atoms with van der Waals surface area (Å²) in [5, 5.41) is 4.25. The van der Waals surface area contributed by atoms with Gasteiger partial charge in [0.2, 0.25) is 11.9 Å². The molecule has 3 atom stereocenters. The zero-order valence-electron chi connectivity index (χ0n) is 28.2. The summed E-state index contributed by atoms with van der Waals surface area (Å²) in [5.74, 6) is 0.768. The van der Waals surface area contributed by atoms with Crippen LogP contribution >= 0.6 is 23.2 Å². The van der Waals surface area contributed by atoms with E-state index in [9.17, 15) is 14.4 Å². The number of hydrogen-bond donors (Lipinski definition) is 1. The molecule has 4 heterocycles. The molecule has 5 rings (SSSR count). The fourth-order valence-corrected chi connectivity index (χ4v) is 7.01. The second kappa shape index (κ2) is 16.2. The van der Waals surface area contributed by atoms with Gasteiger partial charge in [-0.3, -0.25) is 19.0 Å². The molecule has 1 aromatic carbocycles. The van der Waals surface area contributed by atoms with Crippen molar-refractivity contribution in [2.75, 3.05) is 66.5 Å². The summed E-state index contributed by atoms with van der Waals surface area (Å²) in [6, 6.07) is 3.02. The zero-order chi connectivity index (χ0) is 35.2. The molecule has 0 bridgehead atoms. The van der Waals surface area contributed by atoms with Crippen molar-refractivity contribution in [1.29, 1.82) is 0 Å². The van der Waals surface area contributed by atoms with Crippen LogP contribution < -0.4 is 20.3 Å². The molecule has 14 heteroatoms. The Kier molecular flexibility index (Phi) is 12.0. The van der Waals surface area contributed by atoms with E-state index in [0.717, 1.165) is 0 Å². The topological polar surface area (TPSA) is 128 Å². The number of carbonyl (C=O) groups is 2. The Balaban J connectivity index is 1.56. The number of pyridine rings is 1. The summed E-state index contributed by atoms with van der Waals surface area (Å²) in [4.78, 5) is 52.8. The fraction of sp³-hybridized carbons (Fsp3) is 0.457. The van der Waals surface area contributed by atoms with Crippen LogP contribution in [0, 0.1) is 11.8 Å². The number of aromatic nitrogens is 3. The Morgan fingerprint density at radius 2 is 1.90 bits per heavy atom. The number of nitrogens with one attached hydrogen (secondary N) is 1. The predicted octanol–water partition coefficient (Wildman–Crippen LogP) is 4.71. The van der Waals surface area contributed by atoms with Gasteiger partial charge in [-0.2, -0.15) is 4.98 Å². The van der Waals surface area contributed by atoms with Crippen LogP contribution in [0.15, 0.2) is 47.9 Å². The Hall–Kier alpha value is -3.97. The van der Waals surface area contributed by atoms with E-state index in [4.69, 9.17) is 42.4 Å².